The van der Waals surface area contributed by atoms with E-state index in [4.69, 9.17) is 37.9 Å². The molecule has 0 saturated heterocycles. The van der Waals surface area contributed by atoms with Crippen molar-refractivity contribution in [2.45, 2.75) is 6.92 Å². The number of anilines is 1. The number of carbonyl (C=O) groups is 1. The average Bonchev–Trinajstić information content (AvgIpc) is 2.66. The van der Waals surface area contributed by atoms with Gasteiger partial charge in [-0.15, -0.1) is 0 Å². The predicted molar refractivity (Wildman–Crippen MR) is 107 cm³/mol. The van der Waals surface area contributed by atoms with Gasteiger partial charge in [-0.1, -0.05) is 29.3 Å². The monoisotopic (exact) mass is 415 g/mol. The van der Waals surface area contributed by atoms with Crippen LogP contribution in [0.3, 0.4) is 0 Å². The van der Waals surface area contributed by atoms with Gasteiger partial charge in [0.15, 0.2) is 12.4 Å². The molecule has 0 saturated carbocycles. The van der Waals surface area contributed by atoms with E-state index in [-0.39, 0.29) is 28.0 Å². The van der Waals surface area contributed by atoms with Gasteiger partial charge < -0.3 is 14.8 Å². The molecule has 0 bridgehead atoms. The second kappa shape index (κ2) is 10.2. The summed E-state index contributed by atoms with van der Waals surface area (Å²) in [4.78, 5) is 12.4. The number of ether oxygens (including phenoxy) is 2. The Kier molecular flexibility index (Phi) is 7.71. The highest BCUT2D eigenvalue weighted by molar-refractivity contribution is 6.37. The number of benzene rings is 2. The highest BCUT2D eigenvalue weighted by Crippen LogP contribution is 2.34. The average molecular weight is 416 g/mol. The SMILES string of the molecule is CCOc1cccc(NC(=O)/C(C#N)=C\c2cc(Cl)c(OCC#N)c(Cl)c2)c1. The molecule has 142 valence electrons. The van der Waals surface area contributed by atoms with E-state index in [1.165, 1.54) is 18.2 Å². The van der Waals surface area contributed by atoms with Crippen LogP contribution in [0.25, 0.3) is 6.08 Å². The molecule has 0 aromatic heterocycles. The molecule has 0 aliphatic rings. The highest BCUT2D eigenvalue weighted by Gasteiger charge is 2.13. The number of nitrogens with zero attached hydrogens (tertiary/aromatic N) is 2. The number of carbonyl (C=O) groups excluding carboxylic acids is 1. The molecule has 0 aliphatic carbocycles. The Morgan fingerprint density at radius 2 is 1.89 bits per heavy atom. The fraction of sp³-hybridized carbons (Fsp3) is 0.150. The Balaban J connectivity index is 2.23. The van der Waals surface area contributed by atoms with E-state index in [0.717, 1.165) is 0 Å². The maximum absolute atomic E-state index is 12.4. The fourth-order valence-electron chi connectivity index (χ4n) is 2.25. The van der Waals surface area contributed by atoms with Gasteiger partial charge in [-0.3, -0.25) is 4.79 Å². The number of nitrogens with one attached hydrogen (secondary N) is 1. The zero-order valence-electron chi connectivity index (χ0n) is 14.8. The van der Waals surface area contributed by atoms with Crippen LogP contribution in [0.2, 0.25) is 10.0 Å². The molecule has 0 radical (unpaired) electrons. The van der Waals surface area contributed by atoms with Gasteiger partial charge in [-0.05, 0) is 42.8 Å². The van der Waals surface area contributed by atoms with Crippen molar-refractivity contribution in [3.05, 3.63) is 57.6 Å². The van der Waals surface area contributed by atoms with Crippen molar-refractivity contribution in [2.75, 3.05) is 18.5 Å². The van der Waals surface area contributed by atoms with Crippen LogP contribution >= 0.6 is 23.2 Å². The first-order valence-corrected chi connectivity index (χ1v) is 8.88. The minimum atomic E-state index is -0.590. The van der Waals surface area contributed by atoms with Crippen molar-refractivity contribution in [3.63, 3.8) is 0 Å². The summed E-state index contributed by atoms with van der Waals surface area (Å²) in [7, 11) is 0. The minimum Gasteiger partial charge on any atom is -0.494 e. The Morgan fingerprint density at radius 1 is 1.18 bits per heavy atom. The molecule has 0 fully saturated rings. The van der Waals surface area contributed by atoms with Crippen molar-refractivity contribution >= 4 is 40.9 Å². The van der Waals surface area contributed by atoms with Crippen LogP contribution in [0.1, 0.15) is 12.5 Å². The van der Waals surface area contributed by atoms with Gasteiger partial charge >= 0.3 is 0 Å². The van der Waals surface area contributed by atoms with E-state index in [2.05, 4.69) is 5.32 Å². The quantitative estimate of drug-likeness (QED) is 0.515. The molecule has 8 heteroatoms. The van der Waals surface area contributed by atoms with E-state index in [1.807, 2.05) is 19.1 Å². The lowest BCUT2D eigenvalue weighted by molar-refractivity contribution is -0.112. The zero-order valence-corrected chi connectivity index (χ0v) is 16.3. The Bertz CT molecular complexity index is 968. The summed E-state index contributed by atoms with van der Waals surface area (Å²) < 4.78 is 10.5. The summed E-state index contributed by atoms with van der Waals surface area (Å²) in [6.45, 7) is 2.15. The van der Waals surface area contributed by atoms with Crippen molar-refractivity contribution in [1.29, 1.82) is 10.5 Å². The zero-order chi connectivity index (χ0) is 20.5. The molecule has 2 aromatic rings. The standard InChI is InChI=1S/C20H15Cl2N3O3/c1-2-27-16-5-3-4-15(11-16)25-20(26)14(12-24)8-13-9-17(21)19(18(22)10-13)28-7-6-23/h3-5,8-11H,2,7H2,1H3,(H,25,26)/b14-8-. The molecule has 28 heavy (non-hydrogen) atoms. The molecule has 1 amide bonds. The Morgan fingerprint density at radius 3 is 2.50 bits per heavy atom. The molecule has 2 aromatic carbocycles. The third kappa shape index (κ3) is 5.65. The van der Waals surface area contributed by atoms with Crippen LogP contribution in [0, 0.1) is 22.7 Å². The number of hydrogen-bond donors (Lipinski definition) is 1. The molecule has 1 N–H and O–H groups in total. The van der Waals surface area contributed by atoms with Crippen LogP contribution < -0.4 is 14.8 Å². The minimum absolute atomic E-state index is 0.139. The van der Waals surface area contributed by atoms with Crippen molar-refractivity contribution in [3.8, 4) is 23.6 Å². The van der Waals surface area contributed by atoms with Crippen molar-refractivity contribution in [1.82, 2.24) is 0 Å². The van der Waals surface area contributed by atoms with Crippen molar-refractivity contribution in [2.24, 2.45) is 0 Å². The summed E-state index contributed by atoms with van der Waals surface area (Å²) in [5, 5.41) is 20.9. The summed E-state index contributed by atoms with van der Waals surface area (Å²) in [6.07, 6.45) is 1.35. The summed E-state index contributed by atoms with van der Waals surface area (Å²) in [5.74, 6) is 0.181. The summed E-state index contributed by atoms with van der Waals surface area (Å²) in [5.41, 5.74) is 0.794. The topological polar surface area (TPSA) is 95.1 Å². The third-order valence-electron chi connectivity index (χ3n) is 3.38. The second-order valence-corrected chi connectivity index (χ2v) is 6.16. The normalized spacial score (nSPS) is 10.5. The Hall–Kier alpha value is -3.19. The summed E-state index contributed by atoms with van der Waals surface area (Å²) in [6, 6.07) is 13.5. The van der Waals surface area contributed by atoms with Gasteiger partial charge in [0, 0.05) is 11.8 Å². The molecular formula is C20H15Cl2N3O3. The predicted octanol–water partition coefficient (Wildman–Crippen LogP) is 4.84. The molecule has 2 rings (SSSR count). The Labute approximate surface area is 172 Å². The molecule has 0 spiro atoms. The van der Waals surface area contributed by atoms with E-state index in [9.17, 15) is 10.1 Å². The molecular weight excluding hydrogens is 401 g/mol. The van der Waals surface area contributed by atoms with Gasteiger partial charge in [0.2, 0.25) is 0 Å². The molecule has 0 aliphatic heterocycles. The number of rotatable bonds is 7. The maximum atomic E-state index is 12.4. The van der Waals surface area contributed by atoms with Gasteiger partial charge in [-0.2, -0.15) is 10.5 Å². The lowest BCUT2D eigenvalue weighted by Gasteiger charge is -2.09. The van der Waals surface area contributed by atoms with Crippen LogP contribution in [0.15, 0.2) is 42.0 Å². The molecule has 6 nitrogen and oxygen atoms in total. The van der Waals surface area contributed by atoms with Gasteiger partial charge in [-0.25, -0.2) is 0 Å². The summed E-state index contributed by atoms with van der Waals surface area (Å²) >= 11 is 12.2. The van der Waals surface area contributed by atoms with Gasteiger partial charge in [0.05, 0.1) is 16.7 Å². The van der Waals surface area contributed by atoms with Crippen molar-refractivity contribution < 1.29 is 14.3 Å². The largest absolute Gasteiger partial charge is 0.494 e. The molecule has 0 atom stereocenters. The van der Waals surface area contributed by atoms with Gasteiger partial charge in [0.25, 0.3) is 5.91 Å². The lowest BCUT2D eigenvalue weighted by Crippen LogP contribution is -2.13. The van der Waals surface area contributed by atoms with E-state index in [1.54, 1.807) is 24.3 Å². The first-order valence-electron chi connectivity index (χ1n) is 8.13. The number of amides is 1. The number of nitriles is 2. The third-order valence-corrected chi connectivity index (χ3v) is 3.94. The fourth-order valence-corrected chi connectivity index (χ4v) is 2.86. The van der Waals surface area contributed by atoms with Crippen LogP contribution in [-0.2, 0) is 4.79 Å². The van der Waals surface area contributed by atoms with Gasteiger partial charge in [0.1, 0.15) is 23.5 Å². The van der Waals surface area contributed by atoms with E-state index in [0.29, 0.717) is 23.6 Å². The lowest BCUT2D eigenvalue weighted by atomic mass is 10.1. The highest BCUT2D eigenvalue weighted by atomic mass is 35.5. The van der Waals surface area contributed by atoms with E-state index >= 15 is 0 Å². The first-order chi connectivity index (χ1) is 13.5. The second-order valence-electron chi connectivity index (χ2n) is 5.35. The smallest absolute Gasteiger partial charge is 0.266 e. The number of halogens is 2. The van der Waals surface area contributed by atoms with Crippen LogP contribution in [-0.4, -0.2) is 19.1 Å². The maximum Gasteiger partial charge on any atom is 0.266 e. The number of hydrogen-bond acceptors (Lipinski definition) is 5. The first kappa shape index (κ1) is 21.1. The van der Waals surface area contributed by atoms with E-state index < -0.39 is 5.91 Å². The van der Waals surface area contributed by atoms with Crippen LogP contribution in [0.4, 0.5) is 5.69 Å². The molecule has 0 heterocycles. The molecule has 0 unspecified atom stereocenters. The van der Waals surface area contributed by atoms with Crippen LogP contribution in [0.5, 0.6) is 11.5 Å².